The normalized spacial score (nSPS) is 11.8. The van der Waals surface area contributed by atoms with Crippen LogP contribution in [0, 0.1) is 6.92 Å². The van der Waals surface area contributed by atoms with Gasteiger partial charge < -0.3 is 13.7 Å². The van der Waals surface area contributed by atoms with E-state index in [0.717, 1.165) is 83.2 Å². The molecule has 2 heterocycles. The minimum atomic E-state index is 0.886. The van der Waals surface area contributed by atoms with E-state index in [4.69, 9.17) is 8.83 Å². The molecule has 0 radical (unpaired) electrons. The fraction of sp³-hybridized carbons (Fsp3) is 0.0164. The van der Waals surface area contributed by atoms with Crippen molar-refractivity contribution in [3.8, 4) is 33.4 Å². The molecule has 0 saturated carbocycles. The molecule has 0 bridgehead atoms. The first-order valence-corrected chi connectivity index (χ1v) is 21.9. The van der Waals surface area contributed by atoms with Crippen LogP contribution in [-0.4, -0.2) is 0 Å². The maximum atomic E-state index is 6.63. The lowest BCUT2D eigenvalue weighted by atomic mass is 9.93. The monoisotopic (exact) mass is 817 g/mol. The van der Waals surface area contributed by atoms with Crippen molar-refractivity contribution in [2.75, 3.05) is 4.90 Å². The molecule has 0 fully saturated rings. The second-order valence-electron chi connectivity index (χ2n) is 16.8. The van der Waals surface area contributed by atoms with Crippen LogP contribution in [-0.2, 0) is 0 Å². The van der Waals surface area contributed by atoms with E-state index >= 15 is 0 Å². The number of fused-ring (bicyclic) bond motifs is 11. The molecule has 64 heavy (non-hydrogen) atoms. The number of nitrogens with zero attached hydrogens (tertiary/aromatic N) is 1. The van der Waals surface area contributed by atoms with Crippen LogP contribution in [0.1, 0.15) is 5.56 Å². The summed E-state index contributed by atoms with van der Waals surface area (Å²) >= 11 is 0. The molecule has 0 aliphatic heterocycles. The number of rotatable bonds is 6. The van der Waals surface area contributed by atoms with Gasteiger partial charge in [0.1, 0.15) is 22.3 Å². The van der Waals surface area contributed by atoms with Crippen LogP contribution in [0.15, 0.2) is 227 Å². The van der Waals surface area contributed by atoms with Crippen LogP contribution in [0.25, 0.3) is 110 Å². The zero-order chi connectivity index (χ0) is 42.3. The van der Waals surface area contributed by atoms with Crippen LogP contribution in [0.4, 0.5) is 17.1 Å². The quantitative estimate of drug-likeness (QED) is 0.157. The Kier molecular flexibility index (Phi) is 8.13. The van der Waals surface area contributed by atoms with Gasteiger partial charge in [-0.3, -0.25) is 0 Å². The predicted molar refractivity (Wildman–Crippen MR) is 269 cm³/mol. The van der Waals surface area contributed by atoms with Gasteiger partial charge in [-0.2, -0.15) is 0 Å². The molecular formula is C61H39NO2. The summed E-state index contributed by atoms with van der Waals surface area (Å²) in [4.78, 5) is 2.39. The molecule has 11 aromatic carbocycles. The minimum Gasteiger partial charge on any atom is -0.456 e. The molecule has 0 N–H and O–H groups in total. The molecule has 0 aliphatic carbocycles. The first-order valence-electron chi connectivity index (χ1n) is 21.9. The lowest BCUT2D eigenvalue weighted by Crippen LogP contribution is -2.11. The summed E-state index contributed by atoms with van der Waals surface area (Å²) in [5.74, 6) is 0. The lowest BCUT2D eigenvalue weighted by molar-refractivity contribution is 0.669. The van der Waals surface area contributed by atoms with Crippen LogP contribution in [0.3, 0.4) is 0 Å². The van der Waals surface area contributed by atoms with Crippen molar-refractivity contribution in [3.05, 3.63) is 224 Å². The number of hydrogen-bond donors (Lipinski definition) is 0. The number of anilines is 3. The van der Waals surface area contributed by atoms with Gasteiger partial charge in [-0.05, 0) is 134 Å². The van der Waals surface area contributed by atoms with Gasteiger partial charge in [-0.25, -0.2) is 0 Å². The highest BCUT2D eigenvalue weighted by atomic mass is 16.3. The molecule has 13 rings (SSSR count). The first-order chi connectivity index (χ1) is 31.6. The van der Waals surface area contributed by atoms with Gasteiger partial charge in [0.15, 0.2) is 0 Å². The van der Waals surface area contributed by atoms with Gasteiger partial charge in [0.05, 0.1) is 5.69 Å². The van der Waals surface area contributed by atoms with Crippen LogP contribution < -0.4 is 4.90 Å². The van der Waals surface area contributed by atoms with Gasteiger partial charge in [-0.15, -0.1) is 0 Å². The van der Waals surface area contributed by atoms with E-state index in [0.29, 0.717) is 0 Å². The summed E-state index contributed by atoms with van der Waals surface area (Å²) in [6.07, 6.45) is 0. The second-order valence-corrected chi connectivity index (χ2v) is 16.8. The van der Waals surface area contributed by atoms with Crippen LogP contribution >= 0.6 is 0 Å². The van der Waals surface area contributed by atoms with Crippen LogP contribution in [0.2, 0.25) is 0 Å². The fourth-order valence-electron chi connectivity index (χ4n) is 10.2. The van der Waals surface area contributed by atoms with Gasteiger partial charge in [-0.1, -0.05) is 152 Å². The Bertz CT molecular complexity index is 3970. The van der Waals surface area contributed by atoms with Crippen molar-refractivity contribution in [1.82, 2.24) is 0 Å². The zero-order valence-electron chi connectivity index (χ0n) is 35.0. The van der Waals surface area contributed by atoms with Crippen LogP contribution in [0.5, 0.6) is 0 Å². The summed E-state index contributed by atoms with van der Waals surface area (Å²) < 4.78 is 12.9. The summed E-state index contributed by atoms with van der Waals surface area (Å²) in [6.45, 7) is 2.16. The van der Waals surface area contributed by atoms with Crippen molar-refractivity contribution < 1.29 is 8.83 Å². The molecule has 0 saturated heterocycles. The Morgan fingerprint density at radius 2 is 0.938 bits per heavy atom. The summed E-state index contributed by atoms with van der Waals surface area (Å²) in [5, 5.41) is 11.9. The number of aryl methyl sites for hydroxylation is 1. The minimum absolute atomic E-state index is 0.886. The van der Waals surface area contributed by atoms with Gasteiger partial charge in [0.2, 0.25) is 0 Å². The number of furan rings is 2. The average Bonchev–Trinajstić information content (AvgIpc) is 3.93. The standard InChI is InChI=1S/C61H39NO2/c1-38-12-10-14-41-28-34-51-54-37-43(29-35-57(54)64-61(51)59(38)41)47-16-6-8-21-55(47)62(44-30-24-39(25-31-44)48-20-11-23-58-60(48)52-19-7-9-22-56(52)63-58)45-32-26-40(27-33-45)53-36-42-13-2-3-15-46(42)49-17-4-5-18-50(49)53/h2-37H,1H3. The maximum Gasteiger partial charge on any atom is 0.143 e. The number of para-hydroxylation sites is 2. The number of hydrogen-bond acceptors (Lipinski definition) is 3. The highest BCUT2D eigenvalue weighted by Crippen LogP contribution is 2.45. The maximum absolute atomic E-state index is 6.63. The topological polar surface area (TPSA) is 29.5 Å². The Balaban J connectivity index is 0.974. The van der Waals surface area contributed by atoms with E-state index < -0.39 is 0 Å². The van der Waals surface area contributed by atoms with E-state index in [1.54, 1.807) is 0 Å². The second kappa shape index (κ2) is 14.3. The van der Waals surface area contributed by atoms with Crippen molar-refractivity contribution in [3.63, 3.8) is 0 Å². The predicted octanol–water partition coefficient (Wildman–Crippen LogP) is 17.7. The molecule has 0 aliphatic rings. The van der Waals surface area contributed by atoms with Crippen molar-refractivity contribution >= 4 is 93.3 Å². The van der Waals surface area contributed by atoms with Gasteiger partial charge in [0.25, 0.3) is 0 Å². The fourth-order valence-corrected chi connectivity index (χ4v) is 10.2. The molecule has 300 valence electrons. The lowest BCUT2D eigenvalue weighted by Gasteiger charge is -2.28. The van der Waals surface area contributed by atoms with Crippen molar-refractivity contribution in [2.45, 2.75) is 6.92 Å². The van der Waals surface area contributed by atoms with Crippen molar-refractivity contribution in [2.24, 2.45) is 0 Å². The molecule has 0 amide bonds. The average molecular weight is 818 g/mol. The molecule has 13 aromatic rings. The summed E-state index contributed by atoms with van der Waals surface area (Å²) in [5.41, 5.74) is 15.0. The highest BCUT2D eigenvalue weighted by molar-refractivity contribution is 6.17. The molecule has 2 aromatic heterocycles. The van der Waals surface area contributed by atoms with E-state index in [1.807, 2.05) is 12.1 Å². The zero-order valence-corrected chi connectivity index (χ0v) is 35.0. The largest absolute Gasteiger partial charge is 0.456 e. The molecular weight excluding hydrogens is 779 g/mol. The third kappa shape index (κ3) is 5.68. The van der Waals surface area contributed by atoms with E-state index in [2.05, 4.69) is 218 Å². The smallest absolute Gasteiger partial charge is 0.143 e. The number of benzene rings is 11. The molecule has 3 nitrogen and oxygen atoms in total. The summed E-state index contributed by atoms with van der Waals surface area (Å²) in [6, 6.07) is 78.7. The van der Waals surface area contributed by atoms with E-state index in [-0.39, 0.29) is 0 Å². The van der Waals surface area contributed by atoms with Gasteiger partial charge >= 0.3 is 0 Å². The Morgan fingerprint density at radius 1 is 0.328 bits per heavy atom. The molecule has 0 spiro atoms. The van der Waals surface area contributed by atoms with E-state index in [1.165, 1.54) is 49.0 Å². The summed E-state index contributed by atoms with van der Waals surface area (Å²) in [7, 11) is 0. The van der Waals surface area contributed by atoms with Gasteiger partial charge in [0, 0.05) is 43.9 Å². The molecule has 0 atom stereocenters. The molecule has 0 unspecified atom stereocenters. The Morgan fingerprint density at radius 3 is 1.77 bits per heavy atom. The molecule has 3 heteroatoms. The third-order valence-corrected chi connectivity index (χ3v) is 13.2. The first kappa shape index (κ1) is 36.3. The van der Waals surface area contributed by atoms with E-state index in [9.17, 15) is 0 Å². The Labute approximate surface area is 369 Å². The highest BCUT2D eigenvalue weighted by Gasteiger charge is 2.21. The third-order valence-electron chi connectivity index (χ3n) is 13.2. The van der Waals surface area contributed by atoms with Crippen molar-refractivity contribution in [1.29, 1.82) is 0 Å². The SMILES string of the molecule is Cc1cccc2ccc3c4cc(-c5ccccc5N(c5ccc(-c6cc7ccccc7c7ccccc67)cc5)c5ccc(-c6cccc7oc8ccccc8c67)cc5)ccc4oc3c12. The Hall–Kier alpha value is -8.40.